The van der Waals surface area contributed by atoms with Gasteiger partial charge in [-0.1, -0.05) is 17.7 Å². The predicted molar refractivity (Wildman–Crippen MR) is 115 cm³/mol. The number of para-hydroxylation sites is 1. The van der Waals surface area contributed by atoms with Gasteiger partial charge in [-0.3, -0.25) is 14.9 Å². The van der Waals surface area contributed by atoms with Crippen LogP contribution >= 0.6 is 11.6 Å². The van der Waals surface area contributed by atoms with Crippen LogP contribution in [0.3, 0.4) is 0 Å². The van der Waals surface area contributed by atoms with Gasteiger partial charge in [-0.2, -0.15) is 0 Å². The van der Waals surface area contributed by atoms with E-state index in [0.29, 0.717) is 67.2 Å². The molecular weight excluding hydrogens is 410 g/mol. The monoisotopic (exact) mass is 433 g/mol. The normalized spacial score (nSPS) is 13.8. The smallest absolute Gasteiger partial charge is 0.294 e. The topological polar surface area (TPSA) is 85.2 Å². The fourth-order valence-corrected chi connectivity index (χ4v) is 3.76. The van der Waals surface area contributed by atoms with E-state index in [0.717, 1.165) is 0 Å². The molecule has 1 heterocycles. The highest BCUT2D eigenvalue weighted by Gasteiger charge is 2.28. The van der Waals surface area contributed by atoms with Crippen molar-refractivity contribution in [1.82, 2.24) is 4.90 Å². The SMILES string of the molecule is CCOc1cc(OCC)cc(C(=O)N2CCN(c3c(Cl)cccc3[N+](=O)[O-])CC2)c1. The summed E-state index contributed by atoms with van der Waals surface area (Å²) in [7, 11) is 0. The Morgan fingerprint density at radius 1 is 1.07 bits per heavy atom. The highest BCUT2D eigenvalue weighted by Crippen LogP contribution is 2.36. The summed E-state index contributed by atoms with van der Waals surface area (Å²) >= 11 is 6.24. The van der Waals surface area contributed by atoms with E-state index >= 15 is 0 Å². The quantitative estimate of drug-likeness (QED) is 0.484. The fraction of sp³-hybridized carbons (Fsp3) is 0.381. The van der Waals surface area contributed by atoms with Crippen molar-refractivity contribution in [2.24, 2.45) is 0 Å². The van der Waals surface area contributed by atoms with Gasteiger partial charge >= 0.3 is 0 Å². The average Bonchev–Trinajstić information content (AvgIpc) is 2.73. The molecule has 1 amide bonds. The van der Waals surface area contributed by atoms with Gasteiger partial charge in [0.05, 0.1) is 23.2 Å². The molecule has 1 saturated heterocycles. The van der Waals surface area contributed by atoms with Crippen LogP contribution in [0.5, 0.6) is 11.5 Å². The van der Waals surface area contributed by atoms with E-state index in [1.807, 2.05) is 18.7 Å². The third-order valence-corrected chi connectivity index (χ3v) is 5.10. The largest absolute Gasteiger partial charge is 0.494 e. The minimum absolute atomic E-state index is 0.0342. The number of ether oxygens (including phenoxy) is 2. The van der Waals surface area contributed by atoms with Gasteiger partial charge in [0.1, 0.15) is 17.2 Å². The maximum Gasteiger partial charge on any atom is 0.294 e. The van der Waals surface area contributed by atoms with Crippen molar-refractivity contribution in [3.05, 3.63) is 57.1 Å². The lowest BCUT2D eigenvalue weighted by Gasteiger charge is -2.36. The number of piperazine rings is 1. The van der Waals surface area contributed by atoms with Crippen LogP contribution in [-0.4, -0.2) is 55.1 Å². The average molecular weight is 434 g/mol. The minimum Gasteiger partial charge on any atom is -0.494 e. The Labute approximate surface area is 180 Å². The summed E-state index contributed by atoms with van der Waals surface area (Å²) in [5.74, 6) is 1.03. The first-order valence-corrected chi connectivity index (χ1v) is 10.2. The molecule has 9 heteroatoms. The van der Waals surface area contributed by atoms with Gasteiger partial charge < -0.3 is 19.3 Å². The summed E-state index contributed by atoms with van der Waals surface area (Å²) in [5, 5.41) is 11.7. The lowest BCUT2D eigenvalue weighted by atomic mass is 10.1. The van der Waals surface area contributed by atoms with E-state index in [9.17, 15) is 14.9 Å². The van der Waals surface area contributed by atoms with Gasteiger partial charge in [0.2, 0.25) is 0 Å². The fourth-order valence-electron chi connectivity index (χ4n) is 3.48. The number of nitrogens with zero attached hydrogens (tertiary/aromatic N) is 3. The third-order valence-electron chi connectivity index (χ3n) is 4.79. The molecule has 1 fully saturated rings. The highest BCUT2D eigenvalue weighted by atomic mass is 35.5. The molecule has 0 radical (unpaired) electrons. The molecule has 0 aliphatic carbocycles. The first-order chi connectivity index (χ1) is 14.4. The second-order valence-electron chi connectivity index (χ2n) is 6.70. The minimum atomic E-state index is -0.437. The number of anilines is 1. The number of nitro groups is 1. The first-order valence-electron chi connectivity index (χ1n) is 9.82. The number of benzene rings is 2. The third kappa shape index (κ3) is 4.76. The highest BCUT2D eigenvalue weighted by molar-refractivity contribution is 6.33. The number of carbonyl (C=O) groups is 1. The summed E-state index contributed by atoms with van der Waals surface area (Å²) in [6.45, 7) is 6.45. The van der Waals surface area contributed by atoms with Crippen LogP contribution in [0.4, 0.5) is 11.4 Å². The van der Waals surface area contributed by atoms with Crippen molar-refractivity contribution in [2.75, 3.05) is 44.3 Å². The zero-order valence-corrected chi connectivity index (χ0v) is 17.7. The van der Waals surface area contributed by atoms with Crippen molar-refractivity contribution in [2.45, 2.75) is 13.8 Å². The zero-order chi connectivity index (χ0) is 21.7. The number of rotatable bonds is 7. The molecule has 1 aliphatic heterocycles. The Morgan fingerprint density at radius 2 is 1.67 bits per heavy atom. The standard InChI is InChI=1S/C21H24ClN3O5/c1-3-29-16-12-15(13-17(14-16)30-4-2)21(26)24-10-8-23(9-11-24)20-18(22)6-5-7-19(20)25(27)28/h5-7,12-14H,3-4,8-11H2,1-2H3. The Morgan fingerprint density at radius 3 is 2.20 bits per heavy atom. The van der Waals surface area contributed by atoms with E-state index in [2.05, 4.69) is 0 Å². The molecule has 1 aliphatic rings. The second kappa shape index (κ2) is 9.67. The molecule has 8 nitrogen and oxygen atoms in total. The van der Waals surface area contributed by atoms with E-state index in [1.165, 1.54) is 6.07 Å². The molecule has 0 N–H and O–H groups in total. The molecule has 0 aromatic heterocycles. The summed E-state index contributed by atoms with van der Waals surface area (Å²) < 4.78 is 11.1. The predicted octanol–water partition coefficient (Wildman–Crippen LogP) is 4.01. The number of hydrogen-bond donors (Lipinski definition) is 0. The molecule has 0 saturated carbocycles. The van der Waals surface area contributed by atoms with Gasteiger partial charge in [0.25, 0.3) is 11.6 Å². The van der Waals surface area contributed by atoms with Gasteiger partial charge in [-0.05, 0) is 32.0 Å². The Kier molecular flexibility index (Phi) is 6.99. The molecule has 2 aromatic rings. The lowest BCUT2D eigenvalue weighted by Crippen LogP contribution is -2.49. The maximum absolute atomic E-state index is 13.1. The van der Waals surface area contributed by atoms with Crippen molar-refractivity contribution in [3.63, 3.8) is 0 Å². The van der Waals surface area contributed by atoms with E-state index in [4.69, 9.17) is 21.1 Å². The maximum atomic E-state index is 13.1. The lowest BCUT2D eigenvalue weighted by molar-refractivity contribution is -0.384. The van der Waals surface area contributed by atoms with E-state index in [1.54, 1.807) is 35.2 Å². The van der Waals surface area contributed by atoms with Crippen LogP contribution in [0.2, 0.25) is 5.02 Å². The van der Waals surface area contributed by atoms with Crippen molar-refractivity contribution < 1.29 is 19.2 Å². The van der Waals surface area contributed by atoms with Crippen LogP contribution in [0.1, 0.15) is 24.2 Å². The molecule has 2 aromatic carbocycles. The Balaban J connectivity index is 1.76. The van der Waals surface area contributed by atoms with Gasteiger partial charge in [0, 0.05) is 43.9 Å². The van der Waals surface area contributed by atoms with Gasteiger partial charge in [-0.25, -0.2) is 0 Å². The van der Waals surface area contributed by atoms with Gasteiger partial charge in [-0.15, -0.1) is 0 Å². The molecule has 3 rings (SSSR count). The van der Waals surface area contributed by atoms with Gasteiger partial charge in [0.15, 0.2) is 0 Å². The Bertz CT molecular complexity index is 905. The summed E-state index contributed by atoms with van der Waals surface area (Å²) in [4.78, 5) is 27.6. The molecule has 0 unspecified atom stereocenters. The van der Waals surface area contributed by atoms with Crippen LogP contribution in [0, 0.1) is 10.1 Å². The molecule has 0 atom stereocenters. The summed E-state index contributed by atoms with van der Waals surface area (Å²) in [6.07, 6.45) is 0. The number of hydrogen-bond acceptors (Lipinski definition) is 6. The number of nitro benzene ring substituents is 1. The summed E-state index contributed by atoms with van der Waals surface area (Å²) in [5.41, 5.74) is 0.850. The van der Waals surface area contributed by atoms with Crippen LogP contribution in [0.25, 0.3) is 0 Å². The van der Waals surface area contributed by atoms with E-state index in [-0.39, 0.29) is 11.6 Å². The summed E-state index contributed by atoms with van der Waals surface area (Å²) in [6, 6.07) is 9.81. The molecule has 0 spiro atoms. The van der Waals surface area contributed by atoms with Crippen molar-refractivity contribution in [1.29, 1.82) is 0 Å². The van der Waals surface area contributed by atoms with Crippen molar-refractivity contribution in [3.8, 4) is 11.5 Å². The zero-order valence-electron chi connectivity index (χ0n) is 17.0. The Hall–Kier alpha value is -3.00. The van der Waals surface area contributed by atoms with Crippen LogP contribution in [-0.2, 0) is 0 Å². The number of halogens is 1. The number of amides is 1. The second-order valence-corrected chi connectivity index (χ2v) is 7.11. The molecular formula is C21H24ClN3O5. The van der Waals surface area contributed by atoms with Crippen LogP contribution in [0.15, 0.2) is 36.4 Å². The van der Waals surface area contributed by atoms with Crippen LogP contribution < -0.4 is 14.4 Å². The van der Waals surface area contributed by atoms with Crippen molar-refractivity contribution >= 4 is 28.9 Å². The first kappa shape index (κ1) is 21.7. The molecule has 160 valence electrons. The molecule has 0 bridgehead atoms. The molecule has 30 heavy (non-hydrogen) atoms. The van der Waals surface area contributed by atoms with E-state index < -0.39 is 4.92 Å². The number of carbonyl (C=O) groups excluding carboxylic acids is 1.